The highest BCUT2D eigenvalue weighted by atomic mass is 35.5. The number of halogens is 1. The summed E-state index contributed by atoms with van der Waals surface area (Å²) in [5.74, 6) is 1.55. The van der Waals surface area contributed by atoms with Crippen molar-refractivity contribution in [1.29, 1.82) is 0 Å². The summed E-state index contributed by atoms with van der Waals surface area (Å²) < 4.78 is 0. The highest BCUT2D eigenvalue weighted by Crippen LogP contribution is 2.32. The van der Waals surface area contributed by atoms with E-state index in [0.29, 0.717) is 18.6 Å². The number of nitrogens with one attached hydrogen (secondary N) is 1. The van der Waals surface area contributed by atoms with Crippen molar-refractivity contribution >= 4 is 23.9 Å². The van der Waals surface area contributed by atoms with Crippen LogP contribution in [0, 0.1) is 5.92 Å². The molecule has 0 radical (unpaired) electrons. The predicted molar refractivity (Wildman–Crippen MR) is 119 cm³/mol. The second kappa shape index (κ2) is 10.3. The van der Waals surface area contributed by atoms with Gasteiger partial charge in [-0.05, 0) is 37.3 Å². The van der Waals surface area contributed by atoms with Crippen molar-refractivity contribution in [2.45, 2.75) is 32.2 Å². The van der Waals surface area contributed by atoms with Crippen LogP contribution in [0.15, 0.2) is 30.7 Å². The fourth-order valence-electron chi connectivity index (χ4n) is 4.63. The average molecular weight is 421 g/mol. The van der Waals surface area contributed by atoms with Crippen LogP contribution in [0.4, 0.5) is 11.5 Å². The third-order valence-corrected chi connectivity index (χ3v) is 6.32. The Hall–Kier alpha value is -1.83. The van der Waals surface area contributed by atoms with Crippen molar-refractivity contribution in [3.8, 4) is 0 Å². The van der Waals surface area contributed by atoms with Crippen molar-refractivity contribution in [3.63, 3.8) is 0 Å². The Bertz CT molecular complexity index is 727. The van der Waals surface area contributed by atoms with Crippen LogP contribution in [-0.2, 0) is 0 Å². The molecule has 0 aliphatic carbocycles. The van der Waals surface area contributed by atoms with E-state index in [-0.39, 0.29) is 12.4 Å². The molecule has 2 aromatic heterocycles. The van der Waals surface area contributed by atoms with Gasteiger partial charge in [-0.3, -0.25) is 10.00 Å². The molecule has 7 nitrogen and oxygen atoms in total. The first kappa shape index (κ1) is 21.9. The summed E-state index contributed by atoms with van der Waals surface area (Å²) in [6.45, 7) is 8.64. The number of aromatic nitrogens is 3. The van der Waals surface area contributed by atoms with Gasteiger partial charge >= 0.3 is 0 Å². The first-order valence-corrected chi connectivity index (χ1v) is 10.6. The highest BCUT2D eigenvalue weighted by molar-refractivity contribution is 5.85. The molecule has 0 aromatic carbocycles. The predicted octanol–water partition coefficient (Wildman–Crippen LogP) is 2.71. The maximum absolute atomic E-state index is 9.41. The first-order chi connectivity index (χ1) is 13.8. The minimum atomic E-state index is 0. The summed E-state index contributed by atoms with van der Waals surface area (Å²) in [7, 11) is 0. The molecule has 4 heterocycles. The number of H-pyrrole nitrogens is 1. The monoisotopic (exact) mass is 420 g/mol. The van der Waals surface area contributed by atoms with Crippen molar-refractivity contribution in [2.24, 2.45) is 5.92 Å². The SMILES string of the molecule is CCC(c1cn[nH]c1)N1CCN(c2cccnc2N2CCC(CO)CC2)CC1.Cl. The van der Waals surface area contributed by atoms with Gasteiger partial charge in [-0.25, -0.2) is 4.98 Å². The largest absolute Gasteiger partial charge is 0.396 e. The van der Waals surface area contributed by atoms with Gasteiger partial charge in [0.05, 0.1) is 11.9 Å². The van der Waals surface area contributed by atoms with Crippen molar-refractivity contribution < 1.29 is 5.11 Å². The molecule has 29 heavy (non-hydrogen) atoms. The van der Waals surface area contributed by atoms with E-state index in [0.717, 1.165) is 64.3 Å². The number of aromatic amines is 1. The molecule has 2 aliphatic heterocycles. The van der Waals surface area contributed by atoms with Gasteiger partial charge in [0.25, 0.3) is 0 Å². The zero-order valence-electron chi connectivity index (χ0n) is 17.2. The Balaban J connectivity index is 0.00000240. The smallest absolute Gasteiger partial charge is 0.152 e. The molecular formula is C21H33ClN6O. The summed E-state index contributed by atoms with van der Waals surface area (Å²) in [6, 6.07) is 4.70. The fraction of sp³-hybridized carbons (Fsp3) is 0.619. The number of aliphatic hydroxyl groups excluding tert-OH is 1. The molecule has 2 aromatic rings. The van der Waals surface area contributed by atoms with Crippen LogP contribution >= 0.6 is 12.4 Å². The van der Waals surface area contributed by atoms with Crippen LogP contribution in [0.3, 0.4) is 0 Å². The van der Waals surface area contributed by atoms with Gasteiger partial charge in [0, 0.05) is 69.9 Å². The number of hydrogen-bond acceptors (Lipinski definition) is 6. The van der Waals surface area contributed by atoms with E-state index in [1.165, 1.54) is 11.3 Å². The molecule has 160 valence electrons. The van der Waals surface area contributed by atoms with Crippen LogP contribution < -0.4 is 9.80 Å². The van der Waals surface area contributed by atoms with Gasteiger partial charge in [-0.15, -0.1) is 12.4 Å². The molecule has 1 atom stereocenters. The molecule has 2 fully saturated rings. The molecule has 0 amide bonds. The van der Waals surface area contributed by atoms with E-state index in [2.05, 4.69) is 37.9 Å². The lowest BCUT2D eigenvalue weighted by atomic mass is 9.98. The summed E-state index contributed by atoms with van der Waals surface area (Å²) in [4.78, 5) is 12.2. The standard InChI is InChI=1S/C21H32N6O.ClH/c1-2-19(18-14-23-24-15-18)25-10-12-26(13-11-25)20-4-3-7-22-21(20)27-8-5-17(16-28)6-9-27;/h3-4,7,14-15,17,19,28H,2,5-6,8-13,16H2,1H3,(H,23,24);1H. The van der Waals surface area contributed by atoms with Crippen molar-refractivity contribution in [1.82, 2.24) is 20.1 Å². The molecule has 2 aliphatic rings. The molecule has 8 heteroatoms. The quantitative estimate of drug-likeness (QED) is 0.748. The van der Waals surface area contributed by atoms with Crippen LogP contribution in [0.5, 0.6) is 0 Å². The van der Waals surface area contributed by atoms with E-state index < -0.39 is 0 Å². The fourth-order valence-corrected chi connectivity index (χ4v) is 4.63. The molecule has 0 spiro atoms. The number of pyridine rings is 1. The Labute approximate surface area is 179 Å². The Morgan fingerprint density at radius 2 is 1.90 bits per heavy atom. The topological polar surface area (TPSA) is 71.5 Å². The normalized spacial score (nSPS) is 19.8. The van der Waals surface area contributed by atoms with E-state index >= 15 is 0 Å². The Morgan fingerprint density at radius 1 is 1.14 bits per heavy atom. The molecule has 2 N–H and O–H groups in total. The van der Waals surface area contributed by atoms with Crippen LogP contribution in [0.1, 0.15) is 37.8 Å². The van der Waals surface area contributed by atoms with E-state index in [9.17, 15) is 5.11 Å². The van der Waals surface area contributed by atoms with Gasteiger partial charge < -0.3 is 14.9 Å². The average Bonchev–Trinajstić information content (AvgIpc) is 3.29. The third kappa shape index (κ3) is 4.85. The lowest BCUT2D eigenvalue weighted by molar-refractivity contribution is 0.181. The Kier molecular flexibility index (Phi) is 7.75. The summed E-state index contributed by atoms with van der Waals surface area (Å²) in [6.07, 6.45) is 9.06. The zero-order chi connectivity index (χ0) is 19.3. The maximum atomic E-state index is 9.41. The van der Waals surface area contributed by atoms with Gasteiger partial charge in [0.1, 0.15) is 0 Å². The van der Waals surface area contributed by atoms with Gasteiger partial charge in [0.2, 0.25) is 0 Å². The number of rotatable bonds is 6. The molecule has 0 saturated carbocycles. The van der Waals surface area contributed by atoms with Gasteiger partial charge in [-0.2, -0.15) is 5.10 Å². The number of piperazine rings is 1. The van der Waals surface area contributed by atoms with E-state index in [1.807, 2.05) is 24.7 Å². The second-order valence-electron chi connectivity index (χ2n) is 7.94. The number of nitrogens with zero attached hydrogens (tertiary/aromatic N) is 5. The zero-order valence-corrected chi connectivity index (χ0v) is 18.0. The first-order valence-electron chi connectivity index (χ1n) is 10.6. The summed E-state index contributed by atoms with van der Waals surface area (Å²) in [5.41, 5.74) is 2.53. The third-order valence-electron chi connectivity index (χ3n) is 6.32. The van der Waals surface area contributed by atoms with Crippen LogP contribution in [0.25, 0.3) is 0 Å². The summed E-state index contributed by atoms with van der Waals surface area (Å²) >= 11 is 0. The van der Waals surface area contributed by atoms with Crippen LogP contribution in [0.2, 0.25) is 0 Å². The lowest BCUT2D eigenvalue weighted by Crippen LogP contribution is -2.48. The van der Waals surface area contributed by atoms with Gasteiger partial charge in [0.15, 0.2) is 5.82 Å². The van der Waals surface area contributed by atoms with E-state index in [4.69, 9.17) is 4.98 Å². The number of aliphatic hydroxyl groups is 1. The second-order valence-corrected chi connectivity index (χ2v) is 7.94. The number of piperidine rings is 1. The van der Waals surface area contributed by atoms with Gasteiger partial charge in [-0.1, -0.05) is 6.92 Å². The van der Waals surface area contributed by atoms with E-state index in [1.54, 1.807) is 0 Å². The molecular weight excluding hydrogens is 388 g/mol. The number of anilines is 2. The Morgan fingerprint density at radius 3 is 2.52 bits per heavy atom. The highest BCUT2D eigenvalue weighted by Gasteiger charge is 2.27. The molecule has 1 unspecified atom stereocenters. The minimum absolute atomic E-state index is 0. The van der Waals surface area contributed by atoms with Crippen LogP contribution in [-0.4, -0.2) is 71.1 Å². The molecule has 4 rings (SSSR count). The molecule has 2 saturated heterocycles. The number of hydrogen-bond donors (Lipinski definition) is 2. The van der Waals surface area contributed by atoms with Crippen molar-refractivity contribution in [2.75, 3.05) is 55.7 Å². The molecule has 0 bridgehead atoms. The van der Waals surface area contributed by atoms with Crippen molar-refractivity contribution in [3.05, 3.63) is 36.3 Å². The lowest BCUT2D eigenvalue weighted by Gasteiger charge is -2.41. The maximum Gasteiger partial charge on any atom is 0.152 e. The minimum Gasteiger partial charge on any atom is -0.396 e. The summed E-state index contributed by atoms with van der Waals surface area (Å²) in [5, 5.41) is 16.5.